The Labute approximate surface area is 346 Å². The lowest BCUT2D eigenvalue weighted by atomic mass is 9.89. The van der Waals surface area contributed by atoms with Crippen molar-refractivity contribution in [2.24, 2.45) is 0 Å². The lowest BCUT2D eigenvalue weighted by Gasteiger charge is -2.47. The number of amides is 1. The van der Waals surface area contributed by atoms with Crippen LogP contribution in [0.15, 0.2) is 47.3 Å². The third-order valence-corrected chi connectivity index (χ3v) is 11.9. The van der Waals surface area contributed by atoms with Crippen LogP contribution in [0.5, 0.6) is 5.75 Å². The summed E-state index contributed by atoms with van der Waals surface area (Å²) >= 11 is 2.53. The summed E-state index contributed by atoms with van der Waals surface area (Å²) in [4.78, 5) is 51.4. The van der Waals surface area contributed by atoms with Gasteiger partial charge in [-0.05, 0) is 55.5 Å². The Morgan fingerprint density at radius 3 is 2.13 bits per heavy atom. The molecule has 2 aromatic carbocycles. The number of hydrogen-bond acceptors (Lipinski definition) is 11. The average Bonchev–Trinajstić information content (AvgIpc) is 3.83. The summed E-state index contributed by atoms with van der Waals surface area (Å²) in [6.45, 7) is 8.72. The highest BCUT2D eigenvalue weighted by molar-refractivity contribution is 7.16. The molecule has 330 valence electrons. The summed E-state index contributed by atoms with van der Waals surface area (Å²) in [5.41, 5.74) is 1.79. The molecule has 2 saturated heterocycles. The van der Waals surface area contributed by atoms with Crippen molar-refractivity contribution in [3.05, 3.63) is 84.4 Å². The highest BCUT2D eigenvalue weighted by atomic mass is 32.1. The molecule has 6 rings (SSSR count). The van der Waals surface area contributed by atoms with Gasteiger partial charge >= 0.3 is 29.2 Å². The first-order chi connectivity index (χ1) is 28.0. The van der Waals surface area contributed by atoms with Gasteiger partial charge in [0.15, 0.2) is 0 Å². The van der Waals surface area contributed by atoms with Crippen molar-refractivity contribution in [1.82, 2.24) is 20.1 Å². The number of halogens is 7. The van der Waals surface area contributed by atoms with E-state index in [0.717, 1.165) is 42.1 Å². The number of aromatic nitrogens is 1. The second kappa shape index (κ2) is 20.3. The number of carboxylic acid groups (broad SMARTS) is 2. The van der Waals surface area contributed by atoms with E-state index in [2.05, 4.69) is 35.1 Å². The van der Waals surface area contributed by atoms with E-state index in [4.69, 9.17) is 24.5 Å². The number of phenolic OH excluding ortho intramolecular Hbond substituents is 1. The number of hydrogen-bond donors (Lipinski definition) is 6. The van der Waals surface area contributed by atoms with E-state index in [1.54, 1.807) is 23.5 Å². The lowest BCUT2D eigenvalue weighted by Crippen LogP contribution is -2.57. The number of carbonyl (C=O) groups excluding carboxylic acids is 1. The van der Waals surface area contributed by atoms with Crippen molar-refractivity contribution < 1.29 is 70.3 Å². The van der Waals surface area contributed by atoms with E-state index < -0.39 is 30.4 Å². The minimum absolute atomic E-state index is 0.0351. The minimum Gasteiger partial charge on any atom is -0.506 e. The number of benzene rings is 2. The number of aliphatic carboxylic acids is 2. The van der Waals surface area contributed by atoms with Crippen LogP contribution in [-0.2, 0) is 27.3 Å². The van der Waals surface area contributed by atoms with Crippen LogP contribution in [0.2, 0.25) is 0 Å². The molecule has 0 bridgehead atoms. The number of aliphatic hydroxyl groups is 1. The maximum Gasteiger partial charge on any atom is 0.490 e. The molecule has 0 saturated carbocycles. The zero-order chi connectivity index (χ0) is 44.6. The van der Waals surface area contributed by atoms with E-state index in [1.807, 2.05) is 23.1 Å². The maximum absolute atomic E-state index is 15.6. The molecule has 2 fully saturated rings. The fraction of sp³-hybridized carbons (Fsp3) is 0.474. The molecule has 0 unspecified atom stereocenters. The van der Waals surface area contributed by atoms with Gasteiger partial charge in [0.2, 0.25) is 0 Å². The second-order valence-corrected chi connectivity index (χ2v) is 16.3. The van der Waals surface area contributed by atoms with Crippen LogP contribution >= 0.6 is 22.7 Å². The Kier molecular flexibility index (Phi) is 16.3. The SMILES string of the molecule is CC(C)c1ccc(C(=O)N2CCOC3(CCN(Cc4cccc(CCNC[C@H](O)c5ccc(O)c6[nH]c(=O)sc56)c4F)CC3)C2)s1.O=C(O)C(F)(F)F.O=C(O)C(F)(F)F. The number of fused-ring (bicyclic) bond motifs is 1. The zero-order valence-corrected chi connectivity index (χ0v) is 33.8. The number of morpholine rings is 1. The number of carboxylic acids is 2. The van der Waals surface area contributed by atoms with E-state index in [1.165, 1.54) is 10.9 Å². The van der Waals surface area contributed by atoms with Crippen molar-refractivity contribution >= 4 is 50.7 Å². The molecule has 2 aromatic heterocycles. The van der Waals surface area contributed by atoms with Crippen LogP contribution < -0.4 is 10.2 Å². The van der Waals surface area contributed by atoms with E-state index in [9.17, 15) is 46.1 Å². The van der Waals surface area contributed by atoms with E-state index in [-0.39, 0.29) is 34.5 Å². The number of thiazole rings is 1. The first-order valence-electron chi connectivity index (χ1n) is 18.4. The van der Waals surface area contributed by atoms with Crippen LogP contribution in [0.25, 0.3) is 10.2 Å². The first-order valence-corrected chi connectivity index (χ1v) is 20.0. The standard InChI is InChI=1S/C34H41FN4O5S2.2C2HF3O2/c1-21(2)27-8-9-28(45-27)32(42)39-16-17-44-34(20-39)11-14-38(15-12-34)19-23-5-3-4-22(29(23)35)10-13-36-18-26(41)24-6-7-25(40)30-31(24)46-33(43)37-30;2*3-2(4,5)1(6)7/h3-9,21,26,36,40-41H,10-20H2,1-2H3,(H,37,43);2*(H,6,7)/t26-;;/m0../s1. The van der Waals surface area contributed by atoms with Crippen LogP contribution in [0.1, 0.15) is 70.0 Å². The minimum atomic E-state index is -5.08. The molecule has 0 radical (unpaired) electrons. The molecule has 2 aliphatic rings. The molecule has 1 spiro atoms. The topological polar surface area (TPSA) is 193 Å². The van der Waals surface area contributed by atoms with Crippen molar-refractivity contribution in [1.29, 1.82) is 0 Å². The zero-order valence-electron chi connectivity index (χ0n) is 32.2. The molecular weight excluding hydrogens is 854 g/mol. The maximum atomic E-state index is 15.6. The summed E-state index contributed by atoms with van der Waals surface area (Å²) in [6.07, 6.45) is -9.02. The number of H-pyrrole nitrogens is 1. The third-order valence-electron chi connectivity index (χ3n) is 9.60. The smallest absolute Gasteiger partial charge is 0.490 e. The third kappa shape index (κ3) is 12.9. The first kappa shape index (κ1) is 48.1. The van der Waals surface area contributed by atoms with Gasteiger partial charge in [0.25, 0.3) is 5.91 Å². The Morgan fingerprint density at radius 2 is 1.55 bits per heavy atom. The molecule has 0 aliphatic carbocycles. The molecule has 22 heteroatoms. The fourth-order valence-electron chi connectivity index (χ4n) is 6.44. The molecule has 4 heterocycles. The Balaban J connectivity index is 0.000000488. The van der Waals surface area contributed by atoms with Crippen molar-refractivity contribution in [3.8, 4) is 5.75 Å². The number of nitrogens with zero attached hydrogens (tertiary/aromatic N) is 2. The molecule has 6 N–H and O–H groups in total. The highest BCUT2D eigenvalue weighted by Gasteiger charge is 2.42. The number of aliphatic hydroxyl groups excluding tert-OH is 1. The van der Waals surface area contributed by atoms with Gasteiger partial charge in [-0.25, -0.2) is 14.0 Å². The number of alkyl halides is 6. The number of likely N-dealkylation sites (tertiary alicyclic amines) is 1. The van der Waals surface area contributed by atoms with Crippen molar-refractivity contribution in [3.63, 3.8) is 0 Å². The number of aromatic amines is 1. The number of phenols is 1. The van der Waals surface area contributed by atoms with Gasteiger partial charge < -0.3 is 40.4 Å². The molecule has 13 nitrogen and oxygen atoms in total. The predicted octanol–water partition coefficient (Wildman–Crippen LogP) is 6.26. The number of thiophene rings is 1. The summed E-state index contributed by atoms with van der Waals surface area (Å²) in [6, 6.07) is 12.6. The van der Waals surface area contributed by atoms with Crippen LogP contribution in [-0.4, -0.2) is 117 Å². The van der Waals surface area contributed by atoms with Crippen LogP contribution in [0.3, 0.4) is 0 Å². The molecule has 1 atom stereocenters. The summed E-state index contributed by atoms with van der Waals surface area (Å²) in [7, 11) is 0. The Morgan fingerprint density at radius 1 is 0.933 bits per heavy atom. The predicted molar refractivity (Wildman–Crippen MR) is 207 cm³/mol. The second-order valence-electron chi connectivity index (χ2n) is 14.2. The summed E-state index contributed by atoms with van der Waals surface area (Å²) in [5, 5.41) is 38.2. The molecular formula is C38H43F7N4O9S2. The number of ether oxygens (including phenoxy) is 1. The Bertz CT molecular complexity index is 2140. The summed E-state index contributed by atoms with van der Waals surface area (Å²) < 4.78 is 85.9. The van der Waals surface area contributed by atoms with Gasteiger partial charge in [-0.15, -0.1) is 11.3 Å². The van der Waals surface area contributed by atoms with E-state index >= 15 is 4.39 Å². The monoisotopic (exact) mass is 896 g/mol. The number of aromatic hydroxyl groups is 1. The Hall–Kier alpha value is -4.61. The molecule has 1 amide bonds. The van der Waals surface area contributed by atoms with Gasteiger partial charge in [-0.1, -0.05) is 49.4 Å². The van der Waals surface area contributed by atoms with Gasteiger partial charge in [-0.3, -0.25) is 14.5 Å². The highest BCUT2D eigenvalue weighted by Crippen LogP contribution is 2.34. The number of rotatable bonds is 10. The van der Waals surface area contributed by atoms with Gasteiger partial charge in [0.1, 0.15) is 17.1 Å². The lowest BCUT2D eigenvalue weighted by molar-refractivity contribution is -0.193. The number of nitrogens with one attached hydrogen (secondary N) is 2. The van der Waals surface area contributed by atoms with Crippen LogP contribution in [0.4, 0.5) is 30.7 Å². The van der Waals surface area contributed by atoms with Crippen molar-refractivity contribution in [2.75, 3.05) is 45.9 Å². The normalized spacial score (nSPS) is 16.2. The van der Waals surface area contributed by atoms with Gasteiger partial charge in [-0.2, -0.15) is 26.3 Å². The average molecular weight is 897 g/mol. The van der Waals surface area contributed by atoms with E-state index in [0.29, 0.717) is 72.0 Å². The summed E-state index contributed by atoms with van der Waals surface area (Å²) in [5.74, 6) is -5.27. The van der Waals surface area contributed by atoms with Gasteiger partial charge in [0, 0.05) is 48.7 Å². The fourth-order valence-corrected chi connectivity index (χ4v) is 8.33. The quantitative estimate of drug-likeness (QED) is 0.0778. The number of piperidine rings is 1. The van der Waals surface area contributed by atoms with Gasteiger partial charge in [0.05, 0.1) is 34.4 Å². The molecule has 4 aromatic rings. The largest absolute Gasteiger partial charge is 0.506 e. The van der Waals surface area contributed by atoms with Crippen LogP contribution in [0, 0.1) is 5.82 Å². The van der Waals surface area contributed by atoms with Crippen molar-refractivity contribution in [2.45, 2.75) is 69.6 Å². The molecule has 60 heavy (non-hydrogen) atoms. The number of carbonyl (C=O) groups is 3. The molecule has 2 aliphatic heterocycles.